The Labute approximate surface area is 146 Å². The Morgan fingerprint density at radius 3 is 2.60 bits per heavy atom. The second-order valence-electron chi connectivity index (χ2n) is 6.42. The van der Waals surface area contributed by atoms with Crippen LogP contribution in [0.4, 0.5) is 0 Å². The van der Waals surface area contributed by atoms with E-state index < -0.39 is 11.9 Å². The first-order valence-corrected chi connectivity index (χ1v) is 8.26. The number of nitrogens with one attached hydrogen (secondary N) is 1. The number of pyridine rings is 1. The Kier molecular flexibility index (Phi) is 4.70. The molecule has 2 amide bonds. The van der Waals surface area contributed by atoms with Crippen molar-refractivity contribution in [3.05, 3.63) is 69.6 Å². The van der Waals surface area contributed by atoms with Crippen LogP contribution in [0.3, 0.4) is 0 Å². The molecular formula is C19H21N3O3. The molecule has 1 aromatic carbocycles. The van der Waals surface area contributed by atoms with Crippen LogP contribution >= 0.6 is 0 Å². The number of carbonyl (C=O) groups excluding carboxylic acids is 2. The first-order chi connectivity index (χ1) is 11.9. The molecule has 1 aromatic heterocycles. The van der Waals surface area contributed by atoms with Crippen LogP contribution in [0.5, 0.6) is 0 Å². The van der Waals surface area contributed by atoms with Crippen LogP contribution in [0.1, 0.15) is 27.9 Å². The quantitative estimate of drug-likeness (QED) is 0.911. The SMILES string of the molecule is Cc1ccc(CN2CC[C@@H](NC(=O)c3ccn(C)c(=O)c3)C2=O)cc1. The molecule has 0 radical (unpaired) electrons. The van der Waals surface area contributed by atoms with E-state index in [0.29, 0.717) is 19.5 Å². The summed E-state index contributed by atoms with van der Waals surface area (Å²) in [4.78, 5) is 38.2. The van der Waals surface area contributed by atoms with Crippen molar-refractivity contribution in [2.45, 2.75) is 25.9 Å². The topological polar surface area (TPSA) is 71.4 Å². The summed E-state index contributed by atoms with van der Waals surface area (Å²) in [5.74, 6) is -0.481. The minimum absolute atomic E-state index is 0.0854. The zero-order valence-corrected chi connectivity index (χ0v) is 14.4. The zero-order valence-electron chi connectivity index (χ0n) is 14.4. The van der Waals surface area contributed by atoms with Gasteiger partial charge in [0, 0.05) is 38.0 Å². The lowest BCUT2D eigenvalue weighted by Gasteiger charge is -2.17. The maximum Gasteiger partial charge on any atom is 0.252 e. The van der Waals surface area contributed by atoms with Crippen molar-refractivity contribution in [3.8, 4) is 0 Å². The minimum atomic E-state index is -0.540. The number of carbonyl (C=O) groups is 2. The highest BCUT2D eigenvalue weighted by atomic mass is 16.2. The van der Waals surface area contributed by atoms with Crippen LogP contribution in [0.25, 0.3) is 0 Å². The van der Waals surface area contributed by atoms with Gasteiger partial charge in [0.2, 0.25) is 5.91 Å². The smallest absolute Gasteiger partial charge is 0.252 e. The molecule has 0 unspecified atom stereocenters. The Morgan fingerprint density at radius 2 is 1.92 bits per heavy atom. The van der Waals surface area contributed by atoms with Gasteiger partial charge < -0.3 is 14.8 Å². The van der Waals surface area contributed by atoms with E-state index in [9.17, 15) is 14.4 Å². The van der Waals surface area contributed by atoms with Crippen LogP contribution in [-0.4, -0.2) is 33.9 Å². The highest BCUT2D eigenvalue weighted by molar-refractivity contribution is 5.97. The molecule has 0 saturated carbocycles. The maximum atomic E-state index is 12.5. The van der Waals surface area contributed by atoms with Crippen molar-refractivity contribution in [2.75, 3.05) is 6.54 Å². The van der Waals surface area contributed by atoms with Crippen LogP contribution < -0.4 is 10.9 Å². The molecule has 1 atom stereocenters. The van der Waals surface area contributed by atoms with Gasteiger partial charge in [0.15, 0.2) is 0 Å². The minimum Gasteiger partial charge on any atom is -0.340 e. The summed E-state index contributed by atoms with van der Waals surface area (Å²) in [6.07, 6.45) is 2.11. The summed E-state index contributed by atoms with van der Waals surface area (Å²) in [6.45, 7) is 3.17. The molecule has 130 valence electrons. The molecule has 6 heteroatoms. The molecule has 0 aliphatic carbocycles. The molecule has 2 heterocycles. The fourth-order valence-corrected chi connectivity index (χ4v) is 2.88. The Balaban J connectivity index is 1.63. The van der Waals surface area contributed by atoms with Gasteiger partial charge in [-0.3, -0.25) is 14.4 Å². The van der Waals surface area contributed by atoms with E-state index in [4.69, 9.17) is 0 Å². The summed E-state index contributed by atoms with van der Waals surface area (Å²) in [7, 11) is 1.62. The van der Waals surface area contributed by atoms with Gasteiger partial charge in [-0.1, -0.05) is 29.8 Å². The van der Waals surface area contributed by atoms with E-state index in [1.165, 1.54) is 22.4 Å². The summed E-state index contributed by atoms with van der Waals surface area (Å²) in [5, 5.41) is 2.74. The molecule has 2 aromatic rings. The highest BCUT2D eigenvalue weighted by Crippen LogP contribution is 2.16. The van der Waals surface area contributed by atoms with Crippen molar-refractivity contribution in [1.82, 2.24) is 14.8 Å². The van der Waals surface area contributed by atoms with Crippen LogP contribution in [-0.2, 0) is 18.4 Å². The number of nitrogens with zero attached hydrogens (tertiary/aromatic N) is 2. The van der Waals surface area contributed by atoms with Gasteiger partial charge in [0.25, 0.3) is 11.5 Å². The number of aromatic nitrogens is 1. The average molecular weight is 339 g/mol. The molecule has 1 aliphatic rings. The standard InChI is InChI=1S/C19H21N3O3/c1-13-3-5-14(6-4-13)12-22-10-8-16(19(22)25)20-18(24)15-7-9-21(2)17(23)11-15/h3-7,9,11,16H,8,10,12H2,1-2H3,(H,20,24)/t16-/m1/s1. The molecule has 1 aliphatic heterocycles. The van der Waals surface area contributed by atoms with Crippen molar-refractivity contribution in [1.29, 1.82) is 0 Å². The summed E-state index contributed by atoms with van der Waals surface area (Å²) in [5.41, 5.74) is 2.26. The second-order valence-corrected chi connectivity index (χ2v) is 6.42. The summed E-state index contributed by atoms with van der Waals surface area (Å²) in [6, 6.07) is 10.4. The third kappa shape index (κ3) is 3.79. The Morgan fingerprint density at radius 1 is 1.20 bits per heavy atom. The van der Waals surface area contributed by atoms with Crippen LogP contribution in [0.2, 0.25) is 0 Å². The lowest BCUT2D eigenvalue weighted by Crippen LogP contribution is -2.41. The van der Waals surface area contributed by atoms with Gasteiger partial charge >= 0.3 is 0 Å². The molecule has 25 heavy (non-hydrogen) atoms. The van der Waals surface area contributed by atoms with Crippen molar-refractivity contribution in [3.63, 3.8) is 0 Å². The zero-order chi connectivity index (χ0) is 18.0. The fraction of sp³-hybridized carbons (Fsp3) is 0.316. The van der Waals surface area contributed by atoms with Gasteiger partial charge in [-0.2, -0.15) is 0 Å². The van der Waals surface area contributed by atoms with Gasteiger partial charge in [-0.05, 0) is 25.0 Å². The lowest BCUT2D eigenvalue weighted by molar-refractivity contribution is -0.129. The van der Waals surface area contributed by atoms with E-state index >= 15 is 0 Å². The summed E-state index contributed by atoms with van der Waals surface area (Å²) < 4.78 is 1.39. The van der Waals surface area contributed by atoms with Gasteiger partial charge in [-0.25, -0.2) is 0 Å². The molecule has 0 spiro atoms. The Bertz CT molecular complexity index is 855. The number of rotatable bonds is 4. The largest absolute Gasteiger partial charge is 0.340 e. The monoisotopic (exact) mass is 339 g/mol. The number of amides is 2. The van der Waals surface area contributed by atoms with Gasteiger partial charge in [0.05, 0.1) is 0 Å². The number of likely N-dealkylation sites (tertiary alicyclic amines) is 1. The predicted octanol–water partition coefficient (Wildman–Crippen LogP) is 1.22. The third-order valence-corrected chi connectivity index (χ3v) is 4.46. The normalized spacial score (nSPS) is 17.0. The molecular weight excluding hydrogens is 318 g/mol. The first-order valence-electron chi connectivity index (χ1n) is 8.26. The summed E-state index contributed by atoms with van der Waals surface area (Å²) >= 11 is 0. The Hall–Kier alpha value is -2.89. The molecule has 3 rings (SSSR count). The average Bonchev–Trinajstić information content (AvgIpc) is 2.92. The number of hydrogen-bond donors (Lipinski definition) is 1. The third-order valence-electron chi connectivity index (χ3n) is 4.46. The molecule has 0 bridgehead atoms. The van der Waals surface area contributed by atoms with Crippen LogP contribution in [0.15, 0.2) is 47.4 Å². The van der Waals surface area contributed by atoms with E-state index in [-0.39, 0.29) is 17.0 Å². The molecule has 1 fully saturated rings. The maximum absolute atomic E-state index is 12.5. The second kappa shape index (κ2) is 6.93. The first kappa shape index (κ1) is 17.0. The van der Waals surface area contributed by atoms with E-state index in [1.54, 1.807) is 18.0 Å². The van der Waals surface area contributed by atoms with Gasteiger partial charge in [-0.15, -0.1) is 0 Å². The number of hydrogen-bond acceptors (Lipinski definition) is 3. The van der Waals surface area contributed by atoms with Crippen LogP contribution in [0, 0.1) is 6.92 Å². The van der Waals surface area contributed by atoms with Gasteiger partial charge in [0.1, 0.15) is 6.04 Å². The van der Waals surface area contributed by atoms with Crippen molar-refractivity contribution in [2.24, 2.45) is 7.05 Å². The number of benzene rings is 1. The fourth-order valence-electron chi connectivity index (χ4n) is 2.88. The molecule has 1 saturated heterocycles. The molecule has 1 N–H and O–H groups in total. The number of aryl methyl sites for hydroxylation is 2. The van der Waals surface area contributed by atoms with E-state index in [0.717, 1.165) is 5.56 Å². The van der Waals surface area contributed by atoms with Crippen molar-refractivity contribution < 1.29 is 9.59 Å². The molecule has 6 nitrogen and oxygen atoms in total. The predicted molar refractivity (Wildman–Crippen MR) is 94.2 cm³/mol. The lowest BCUT2D eigenvalue weighted by atomic mass is 10.1. The van der Waals surface area contributed by atoms with Crippen molar-refractivity contribution >= 4 is 11.8 Å². The van der Waals surface area contributed by atoms with E-state index in [2.05, 4.69) is 5.32 Å². The van der Waals surface area contributed by atoms with E-state index in [1.807, 2.05) is 31.2 Å². The highest BCUT2D eigenvalue weighted by Gasteiger charge is 2.32.